The molecule has 1 amide bonds. The van der Waals surface area contributed by atoms with Crippen molar-refractivity contribution < 1.29 is 22.7 Å². The molecule has 0 saturated heterocycles. The molecule has 0 aliphatic heterocycles. The number of sulfonamides is 1. The quantitative estimate of drug-likeness (QED) is 0.719. The first-order valence-electron chi connectivity index (χ1n) is 7.97. The summed E-state index contributed by atoms with van der Waals surface area (Å²) in [5.74, 6) is 0.668. The van der Waals surface area contributed by atoms with Gasteiger partial charge in [0.05, 0.1) is 30.7 Å². The van der Waals surface area contributed by atoms with Gasteiger partial charge in [-0.3, -0.25) is 4.79 Å². The number of hydrogen-bond acceptors (Lipinski definition) is 5. The molecule has 0 aliphatic rings. The molecule has 2 aromatic rings. The van der Waals surface area contributed by atoms with Gasteiger partial charge in [0.1, 0.15) is 11.5 Å². The highest BCUT2D eigenvalue weighted by Gasteiger charge is 2.23. The van der Waals surface area contributed by atoms with E-state index in [9.17, 15) is 13.2 Å². The second kappa shape index (κ2) is 9.07. The van der Waals surface area contributed by atoms with E-state index in [0.717, 1.165) is 9.87 Å². The lowest BCUT2D eigenvalue weighted by atomic mass is 10.2. The number of ether oxygens (including phenoxy) is 2. The number of halogens is 1. The summed E-state index contributed by atoms with van der Waals surface area (Å²) in [6.07, 6.45) is 0. The van der Waals surface area contributed by atoms with Crippen LogP contribution in [-0.2, 0) is 21.4 Å². The molecule has 2 aromatic carbocycles. The number of methoxy groups -OCH3 is 2. The number of carbonyl (C=O) groups excluding carboxylic acids is 1. The third-order valence-corrected chi connectivity index (χ3v) is 5.94. The normalized spacial score (nSPS) is 11.3. The molecule has 0 atom stereocenters. The summed E-state index contributed by atoms with van der Waals surface area (Å²) in [6.45, 7) is -0.0345. The first-order chi connectivity index (χ1) is 12.8. The van der Waals surface area contributed by atoms with Crippen molar-refractivity contribution >= 4 is 27.5 Å². The Morgan fingerprint density at radius 1 is 1.11 bits per heavy atom. The minimum absolute atomic E-state index is 0.0150. The number of hydrogen-bond donors (Lipinski definition) is 1. The van der Waals surface area contributed by atoms with Crippen molar-refractivity contribution in [2.24, 2.45) is 0 Å². The lowest BCUT2D eigenvalue weighted by molar-refractivity contribution is -0.121. The van der Waals surface area contributed by atoms with E-state index in [1.54, 1.807) is 19.2 Å². The van der Waals surface area contributed by atoms with Gasteiger partial charge in [-0.1, -0.05) is 23.7 Å². The maximum absolute atomic E-state index is 12.6. The van der Waals surface area contributed by atoms with Crippen LogP contribution >= 0.6 is 11.6 Å². The molecule has 0 fully saturated rings. The lowest BCUT2D eigenvalue weighted by Crippen LogP contribution is -2.38. The maximum atomic E-state index is 12.6. The Hall–Kier alpha value is -2.29. The zero-order chi connectivity index (χ0) is 20.0. The SMILES string of the molecule is COc1ccc(CNC(=O)CN(C)S(=O)(=O)c2ccc(OC)c(Cl)c2)cc1. The molecule has 27 heavy (non-hydrogen) atoms. The van der Waals surface area contributed by atoms with Crippen LogP contribution in [0.5, 0.6) is 11.5 Å². The van der Waals surface area contributed by atoms with Crippen LogP contribution in [0.4, 0.5) is 0 Å². The number of likely N-dealkylation sites (N-methyl/N-ethyl adjacent to an activating group) is 1. The molecule has 2 rings (SSSR count). The van der Waals surface area contributed by atoms with Gasteiger partial charge in [0.2, 0.25) is 15.9 Å². The average Bonchev–Trinajstić information content (AvgIpc) is 2.66. The summed E-state index contributed by atoms with van der Waals surface area (Å²) in [6, 6.07) is 11.3. The summed E-state index contributed by atoms with van der Waals surface area (Å²) in [5.41, 5.74) is 0.872. The van der Waals surface area contributed by atoms with Gasteiger partial charge >= 0.3 is 0 Å². The molecule has 9 heteroatoms. The lowest BCUT2D eigenvalue weighted by Gasteiger charge is -2.17. The van der Waals surface area contributed by atoms with Crippen LogP contribution in [0, 0.1) is 0 Å². The molecule has 0 bridgehead atoms. The number of nitrogens with zero attached hydrogens (tertiary/aromatic N) is 1. The van der Waals surface area contributed by atoms with Gasteiger partial charge in [0, 0.05) is 13.6 Å². The van der Waals surface area contributed by atoms with Gasteiger partial charge < -0.3 is 14.8 Å². The van der Waals surface area contributed by atoms with Crippen LogP contribution < -0.4 is 14.8 Å². The molecule has 0 unspecified atom stereocenters. The van der Waals surface area contributed by atoms with E-state index >= 15 is 0 Å². The number of amides is 1. The van der Waals surface area contributed by atoms with Crippen LogP contribution in [0.2, 0.25) is 5.02 Å². The zero-order valence-corrected chi connectivity index (χ0v) is 16.8. The Morgan fingerprint density at radius 3 is 2.33 bits per heavy atom. The van der Waals surface area contributed by atoms with Gasteiger partial charge in [0.25, 0.3) is 0 Å². The monoisotopic (exact) mass is 412 g/mol. The molecule has 146 valence electrons. The molecule has 7 nitrogen and oxygen atoms in total. The largest absolute Gasteiger partial charge is 0.497 e. The third-order valence-electron chi connectivity index (χ3n) is 3.85. The molecule has 0 radical (unpaired) electrons. The van der Waals surface area contributed by atoms with Gasteiger partial charge in [-0.25, -0.2) is 8.42 Å². The number of nitrogens with one attached hydrogen (secondary N) is 1. The third kappa shape index (κ3) is 5.35. The molecule has 0 aliphatic carbocycles. The Balaban J connectivity index is 1.98. The smallest absolute Gasteiger partial charge is 0.243 e. The minimum atomic E-state index is -3.86. The predicted octanol–water partition coefficient (Wildman–Crippen LogP) is 2.29. The molecule has 0 spiro atoms. The highest BCUT2D eigenvalue weighted by Crippen LogP contribution is 2.28. The molecule has 0 heterocycles. The molecule has 0 saturated carbocycles. The van der Waals surface area contributed by atoms with Crippen molar-refractivity contribution in [2.45, 2.75) is 11.4 Å². The first kappa shape index (κ1) is 21.0. The topological polar surface area (TPSA) is 84.9 Å². The second-order valence-corrected chi connectivity index (χ2v) is 8.13. The zero-order valence-electron chi connectivity index (χ0n) is 15.2. The van der Waals surface area contributed by atoms with Crippen molar-refractivity contribution in [3.8, 4) is 11.5 Å². The van der Waals surface area contributed by atoms with E-state index < -0.39 is 15.9 Å². The Labute approximate surface area is 163 Å². The van der Waals surface area contributed by atoms with E-state index in [4.69, 9.17) is 21.1 Å². The van der Waals surface area contributed by atoms with Gasteiger partial charge in [-0.15, -0.1) is 0 Å². The molecule has 1 N–H and O–H groups in total. The highest BCUT2D eigenvalue weighted by atomic mass is 35.5. The van der Waals surface area contributed by atoms with Crippen LogP contribution in [0.25, 0.3) is 0 Å². The van der Waals surface area contributed by atoms with Crippen molar-refractivity contribution in [3.63, 3.8) is 0 Å². The van der Waals surface area contributed by atoms with Gasteiger partial charge in [0.15, 0.2) is 0 Å². The van der Waals surface area contributed by atoms with Crippen LogP contribution in [0.15, 0.2) is 47.4 Å². The molecular formula is C18H21ClN2O5S. The van der Waals surface area contributed by atoms with Crippen molar-refractivity contribution in [1.82, 2.24) is 9.62 Å². The van der Waals surface area contributed by atoms with Crippen LogP contribution in [0.1, 0.15) is 5.56 Å². The fourth-order valence-corrected chi connectivity index (χ4v) is 3.75. The van der Waals surface area contributed by atoms with Gasteiger partial charge in [-0.2, -0.15) is 4.31 Å². The second-order valence-electron chi connectivity index (χ2n) is 5.68. The fraction of sp³-hybridized carbons (Fsp3) is 0.278. The highest BCUT2D eigenvalue weighted by molar-refractivity contribution is 7.89. The maximum Gasteiger partial charge on any atom is 0.243 e. The summed E-state index contributed by atoms with van der Waals surface area (Å²) in [7, 11) is 0.488. The van der Waals surface area contributed by atoms with E-state index in [1.165, 1.54) is 32.4 Å². The standard InChI is InChI=1S/C18H21ClN2O5S/c1-21(27(23,24)15-8-9-17(26-3)16(19)10-15)12-18(22)20-11-13-4-6-14(25-2)7-5-13/h4-10H,11-12H2,1-3H3,(H,20,22). The Morgan fingerprint density at radius 2 is 1.78 bits per heavy atom. The minimum Gasteiger partial charge on any atom is -0.497 e. The van der Waals surface area contributed by atoms with E-state index in [0.29, 0.717) is 11.5 Å². The average molecular weight is 413 g/mol. The van der Waals surface area contributed by atoms with E-state index in [-0.39, 0.29) is 23.0 Å². The fourth-order valence-electron chi connectivity index (χ4n) is 2.27. The van der Waals surface area contributed by atoms with Crippen LogP contribution in [0.3, 0.4) is 0 Å². The first-order valence-corrected chi connectivity index (χ1v) is 9.79. The Kier molecular flexibility index (Phi) is 7.06. The van der Waals surface area contributed by atoms with Crippen LogP contribution in [-0.4, -0.2) is 46.4 Å². The van der Waals surface area contributed by atoms with Gasteiger partial charge in [-0.05, 0) is 35.9 Å². The molecular weight excluding hydrogens is 392 g/mol. The predicted molar refractivity (Wildman–Crippen MR) is 103 cm³/mol. The van der Waals surface area contributed by atoms with Crippen molar-refractivity contribution in [1.29, 1.82) is 0 Å². The number of carbonyl (C=O) groups is 1. The molecule has 0 aromatic heterocycles. The van der Waals surface area contributed by atoms with Crippen molar-refractivity contribution in [3.05, 3.63) is 53.1 Å². The summed E-state index contributed by atoms with van der Waals surface area (Å²) in [5, 5.41) is 2.87. The summed E-state index contributed by atoms with van der Waals surface area (Å²) >= 11 is 5.99. The van der Waals surface area contributed by atoms with E-state index in [2.05, 4.69) is 5.32 Å². The summed E-state index contributed by atoms with van der Waals surface area (Å²) < 4.78 is 36.2. The number of rotatable bonds is 8. The number of benzene rings is 2. The van der Waals surface area contributed by atoms with E-state index in [1.807, 2.05) is 12.1 Å². The Bertz CT molecular complexity index is 900. The van der Waals surface area contributed by atoms with Crippen molar-refractivity contribution in [2.75, 3.05) is 27.8 Å². The summed E-state index contributed by atoms with van der Waals surface area (Å²) in [4.78, 5) is 12.1.